The fourth-order valence-electron chi connectivity index (χ4n) is 3.86. The number of carbonyl (C=O) groups excluding carboxylic acids is 1. The Morgan fingerprint density at radius 2 is 1.68 bits per heavy atom. The minimum Gasteiger partial charge on any atom is -0.486 e. The molecule has 0 bridgehead atoms. The number of benzene rings is 3. The quantitative estimate of drug-likeness (QED) is 0.258. The van der Waals surface area contributed by atoms with E-state index in [4.69, 9.17) is 9.47 Å². The predicted octanol–water partition coefficient (Wildman–Crippen LogP) is 6.23. The first kappa shape index (κ1) is 27.4. The number of sulfone groups is 1. The van der Waals surface area contributed by atoms with Crippen LogP contribution in [0.5, 0.6) is 11.5 Å². The Balaban J connectivity index is 1.18. The van der Waals surface area contributed by atoms with E-state index >= 15 is 0 Å². The summed E-state index contributed by atoms with van der Waals surface area (Å²) in [5, 5.41) is 4.92. The van der Waals surface area contributed by atoms with Gasteiger partial charge < -0.3 is 9.47 Å². The second-order valence-electron chi connectivity index (χ2n) is 8.74. The Morgan fingerprint density at radius 1 is 0.975 bits per heavy atom. The number of thiazole rings is 1. The first-order chi connectivity index (χ1) is 19.1. The van der Waals surface area contributed by atoms with E-state index in [0.717, 1.165) is 29.8 Å². The van der Waals surface area contributed by atoms with Crippen molar-refractivity contribution in [3.05, 3.63) is 94.9 Å². The summed E-state index contributed by atoms with van der Waals surface area (Å²) in [7, 11) is -3.78. The number of halogens is 3. The van der Waals surface area contributed by atoms with Crippen molar-refractivity contribution in [2.75, 3.05) is 18.5 Å². The van der Waals surface area contributed by atoms with Crippen molar-refractivity contribution >= 4 is 38.3 Å². The van der Waals surface area contributed by atoms with E-state index in [-0.39, 0.29) is 10.5 Å². The van der Waals surface area contributed by atoms with Crippen LogP contribution in [0.1, 0.15) is 16.7 Å². The van der Waals surface area contributed by atoms with Crippen LogP contribution in [0.15, 0.2) is 83.1 Å². The van der Waals surface area contributed by atoms with Gasteiger partial charge in [-0.05, 0) is 59.7 Å². The summed E-state index contributed by atoms with van der Waals surface area (Å²) in [4.78, 5) is 16.9. The molecule has 1 aliphatic heterocycles. The highest BCUT2D eigenvalue weighted by atomic mass is 32.2. The molecule has 0 spiro atoms. The Morgan fingerprint density at radius 3 is 2.38 bits per heavy atom. The van der Waals surface area contributed by atoms with Gasteiger partial charge in [0.25, 0.3) is 0 Å². The Bertz CT molecular complexity index is 1660. The van der Waals surface area contributed by atoms with Gasteiger partial charge in [-0.2, -0.15) is 13.2 Å². The van der Waals surface area contributed by atoms with Crippen LogP contribution in [0.25, 0.3) is 17.3 Å². The largest absolute Gasteiger partial charge is 0.486 e. The van der Waals surface area contributed by atoms with Crippen molar-refractivity contribution in [3.8, 4) is 22.8 Å². The van der Waals surface area contributed by atoms with Crippen molar-refractivity contribution in [3.63, 3.8) is 0 Å². The average Bonchev–Trinajstić information content (AvgIpc) is 3.40. The third-order valence-corrected chi connectivity index (χ3v) is 8.34. The molecule has 206 valence electrons. The number of anilines is 1. The van der Waals surface area contributed by atoms with Gasteiger partial charge in [0.05, 0.1) is 21.9 Å². The monoisotopic (exact) mass is 586 g/mol. The van der Waals surface area contributed by atoms with Crippen LogP contribution in [0, 0.1) is 0 Å². The summed E-state index contributed by atoms with van der Waals surface area (Å²) in [6.07, 6.45) is -1.66. The van der Waals surface area contributed by atoms with Gasteiger partial charge in [0.15, 0.2) is 26.5 Å². The Hall–Kier alpha value is -4.16. The van der Waals surface area contributed by atoms with Gasteiger partial charge >= 0.3 is 6.18 Å². The second kappa shape index (κ2) is 11.1. The summed E-state index contributed by atoms with van der Waals surface area (Å²) in [6, 6.07) is 15.4. The van der Waals surface area contributed by atoms with Gasteiger partial charge in [-0.25, -0.2) is 13.4 Å². The molecule has 2 heterocycles. The fourth-order valence-corrected chi connectivity index (χ4v) is 5.94. The third kappa shape index (κ3) is 6.52. The van der Waals surface area contributed by atoms with E-state index in [9.17, 15) is 26.4 Å². The molecular formula is C28H21F3N2O5S2. The van der Waals surface area contributed by atoms with E-state index in [1.807, 2.05) is 23.6 Å². The van der Waals surface area contributed by atoms with Crippen LogP contribution in [0.3, 0.4) is 0 Å². The number of hydrogen-bond donors (Lipinski definition) is 1. The van der Waals surface area contributed by atoms with Crippen LogP contribution < -0.4 is 14.8 Å². The van der Waals surface area contributed by atoms with Crippen molar-refractivity contribution in [1.29, 1.82) is 0 Å². The molecule has 1 aromatic heterocycles. The lowest BCUT2D eigenvalue weighted by Gasteiger charge is -2.18. The number of carbonyl (C=O) groups is 1. The lowest BCUT2D eigenvalue weighted by Crippen LogP contribution is -2.15. The molecule has 0 saturated heterocycles. The van der Waals surface area contributed by atoms with E-state index < -0.39 is 33.2 Å². The standard InChI is InChI=1S/C28H21F3N2O5S2/c29-28(30,31)21-7-1-19(2-8-21)17-40(35,36)22-9-3-18(4-10-22)5-12-26(34)33-27-32-23(16-39-27)20-6-11-24-25(15-20)38-14-13-37-24/h1-12,15-16H,13-14,17H2,(H,32,33,34)/b12-5+. The number of ether oxygens (including phenoxy) is 2. The van der Waals surface area contributed by atoms with Crippen molar-refractivity contribution in [1.82, 2.24) is 4.98 Å². The molecule has 1 aliphatic rings. The van der Waals surface area contributed by atoms with Gasteiger partial charge in [0.1, 0.15) is 13.2 Å². The van der Waals surface area contributed by atoms with Crippen molar-refractivity contribution < 1.29 is 35.9 Å². The first-order valence-corrected chi connectivity index (χ1v) is 14.4. The number of alkyl halides is 3. The van der Waals surface area contributed by atoms with E-state index in [1.165, 1.54) is 47.8 Å². The number of nitrogens with one attached hydrogen (secondary N) is 1. The van der Waals surface area contributed by atoms with Crippen LogP contribution in [-0.4, -0.2) is 32.5 Å². The van der Waals surface area contributed by atoms with Crippen molar-refractivity contribution in [2.45, 2.75) is 16.8 Å². The molecule has 4 aromatic rings. The SMILES string of the molecule is O=C(/C=C/c1ccc(S(=O)(=O)Cc2ccc(C(F)(F)F)cc2)cc1)Nc1nc(-c2ccc3c(c2)OCCO3)cs1. The molecule has 7 nitrogen and oxygen atoms in total. The van der Waals surface area contributed by atoms with Gasteiger partial charge in [0, 0.05) is 17.0 Å². The van der Waals surface area contributed by atoms with Crippen LogP contribution in [0.2, 0.25) is 0 Å². The van der Waals surface area contributed by atoms with Crippen LogP contribution in [0.4, 0.5) is 18.3 Å². The average molecular weight is 587 g/mol. The summed E-state index contributed by atoms with van der Waals surface area (Å²) in [6.45, 7) is 0.976. The normalized spacial score (nSPS) is 13.4. The molecule has 12 heteroatoms. The maximum Gasteiger partial charge on any atom is 0.416 e. The van der Waals surface area contributed by atoms with E-state index in [2.05, 4.69) is 10.3 Å². The maximum absolute atomic E-state index is 12.7. The molecule has 40 heavy (non-hydrogen) atoms. The zero-order chi connectivity index (χ0) is 28.3. The molecule has 1 amide bonds. The van der Waals surface area contributed by atoms with Gasteiger partial charge in [-0.1, -0.05) is 24.3 Å². The number of fused-ring (bicyclic) bond motifs is 1. The summed E-state index contributed by atoms with van der Waals surface area (Å²) < 4.78 is 74.8. The lowest BCUT2D eigenvalue weighted by molar-refractivity contribution is -0.137. The smallest absolute Gasteiger partial charge is 0.416 e. The highest BCUT2D eigenvalue weighted by Gasteiger charge is 2.30. The van der Waals surface area contributed by atoms with Crippen LogP contribution >= 0.6 is 11.3 Å². The highest BCUT2D eigenvalue weighted by Crippen LogP contribution is 2.35. The van der Waals surface area contributed by atoms with Crippen molar-refractivity contribution in [2.24, 2.45) is 0 Å². The second-order valence-corrected chi connectivity index (χ2v) is 11.6. The number of amides is 1. The van der Waals surface area contributed by atoms with E-state index in [1.54, 1.807) is 0 Å². The minimum atomic E-state index is -4.49. The number of rotatable bonds is 7. The zero-order valence-corrected chi connectivity index (χ0v) is 22.3. The molecule has 0 aliphatic carbocycles. The molecule has 3 aromatic carbocycles. The van der Waals surface area contributed by atoms with Gasteiger partial charge in [-0.15, -0.1) is 11.3 Å². The minimum absolute atomic E-state index is 0.0171. The fraction of sp³-hybridized carbons (Fsp3) is 0.143. The van der Waals surface area contributed by atoms with Gasteiger partial charge in [-0.3, -0.25) is 10.1 Å². The maximum atomic E-state index is 12.7. The van der Waals surface area contributed by atoms with Crippen LogP contribution in [-0.2, 0) is 26.6 Å². The molecule has 0 unspecified atom stereocenters. The van der Waals surface area contributed by atoms with Gasteiger partial charge in [0.2, 0.25) is 5.91 Å². The van der Waals surface area contributed by atoms with E-state index in [0.29, 0.717) is 41.1 Å². The molecule has 0 radical (unpaired) electrons. The number of nitrogens with zero attached hydrogens (tertiary/aromatic N) is 1. The summed E-state index contributed by atoms with van der Waals surface area (Å²) in [5.74, 6) is 0.463. The topological polar surface area (TPSA) is 94.6 Å². The Labute approximate surface area is 231 Å². The zero-order valence-electron chi connectivity index (χ0n) is 20.6. The molecular weight excluding hydrogens is 565 g/mol. The molecule has 1 N–H and O–H groups in total. The third-order valence-electron chi connectivity index (χ3n) is 5.88. The summed E-state index contributed by atoms with van der Waals surface area (Å²) >= 11 is 1.27. The molecule has 0 saturated carbocycles. The molecule has 0 fully saturated rings. The number of hydrogen-bond acceptors (Lipinski definition) is 7. The molecule has 0 atom stereocenters. The summed E-state index contributed by atoms with van der Waals surface area (Å²) in [5.41, 5.74) is 1.48. The first-order valence-electron chi connectivity index (χ1n) is 11.9. The predicted molar refractivity (Wildman–Crippen MR) is 145 cm³/mol. The lowest BCUT2D eigenvalue weighted by atomic mass is 10.1. The number of aromatic nitrogens is 1. The molecule has 5 rings (SSSR count). The highest BCUT2D eigenvalue weighted by molar-refractivity contribution is 7.90. The Kier molecular flexibility index (Phi) is 7.63.